The van der Waals surface area contributed by atoms with E-state index in [1.54, 1.807) is 11.9 Å². The van der Waals surface area contributed by atoms with E-state index in [0.717, 1.165) is 33.7 Å². The molecule has 10 heteroatoms. The third-order valence-electron chi connectivity index (χ3n) is 8.77. The summed E-state index contributed by atoms with van der Waals surface area (Å²) in [5.41, 5.74) is 7.07. The highest BCUT2D eigenvalue weighted by molar-refractivity contribution is 6.98. The number of nitrogens with zero attached hydrogens (tertiary/aromatic N) is 4. The molecule has 1 fully saturated rings. The van der Waals surface area contributed by atoms with E-state index in [1.807, 2.05) is 24.3 Å². The van der Waals surface area contributed by atoms with Crippen molar-refractivity contribution in [3.63, 3.8) is 0 Å². The van der Waals surface area contributed by atoms with Crippen LogP contribution in [-0.4, -0.2) is 93.8 Å². The number of hydrogen-bond donors (Lipinski definition) is 0. The number of imide groups is 1. The lowest BCUT2D eigenvalue weighted by molar-refractivity contribution is -0.462. The Morgan fingerprint density at radius 1 is 0.956 bits per heavy atom. The number of carbonyl (C=O) groups excluding carboxylic acids is 4. The monoisotopic (exact) mass is 625 g/mol. The minimum absolute atomic E-state index is 0.0312. The van der Waals surface area contributed by atoms with Crippen molar-refractivity contribution in [3.05, 3.63) is 88.2 Å². The van der Waals surface area contributed by atoms with Crippen molar-refractivity contribution in [1.29, 1.82) is 0 Å². The first-order valence-corrected chi connectivity index (χ1v) is 18.2. The van der Waals surface area contributed by atoms with Crippen LogP contribution in [0.3, 0.4) is 0 Å². The van der Waals surface area contributed by atoms with Crippen molar-refractivity contribution in [2.24, 2.45) is 0 Å². The van der Waals surface area contributed by atoms with Crippen LogP contribution in [0.15, 0.2) is 71.5 Å². The zero-order valence-corrected chi connectivity index (χ0v) is 28.1. The second kappa shape index (κ2) is 12.4. The molecule has 0 radical (unpaired) electrons. The van der Waals surface area contributed by atoms with Gasteiger partial charge in [0.15, 0.2) is 5.71 Å². The van der Waals surface area contributed by atoms with Gasteiger partial charge in [0, 0.05) is 70.4 Å². The Balaban J connectivity index is 1.48. The third-order valence-corrected chi connectivity index (χ3v) is 12.3. The summed E-state index contributed by atoms with van der Waals surface area (Å²) in [6.45, 7) is 5.09. The summed E-state index contributed by atoms with van der Waals surface area (Å²) in [6.07, 6.45) is 7.03. The van der Waals surface area contributed by atoms with Gasteiger partial charge in [0.1, 0.15) is 22.2 Å². The summed E-state index contributed by atoms with van der Waals surface area (Å²) >= 11 is 0. The zero-order valence-electron chi connectivity index (χ0n) is 27.1. The molecule has 1 aliphatic carbocycles. The minimum atomic E-state index is -2.14. The summed E-state index contributed by atoms with van der Waals surface area (Å²) in [4.78, 5) is 58.5. The quantitative estimate of drug-likeness (QED) is 0.253. The first-order chi connectivity index (χ1) is 21.3. The fourth-order valence-electron chi connectivity index (χ4n) is 6.13. The number of fused-ring (bicyclic) bond motifs is 2. The molecule has 234 valence electrons. The maximum Gasteiger partial charge on any atom is 0.333 e. The van der Waals surface area contributed by atoms with Crippen LogP contribution in [-0.2, 0) is 19.2 Å². The van der Waals surface area contributed by atoms with Crippen LogP contribution in [0.5, 0.6) is 0 Å². The molecule has 0 aromatic heterocycles. The van der Waals surface area contributed by atoms with Crippen LogP contribution in [0, 0.1) is 0 Å². The Morgan fingerprint density at radius 2 is 1.64 bits per heavy atom. The number of rotatable bonds is 8. The van der Waals surface area contributed by atoms with Crippen LogP contribution < -0.4 is 10.1 Å². The lowest BCUT2D eigenvalue weighted by Crippen LogP contribution is -2.49. The van der Waals surface area contributed by atoms with Crippen molar-refractivity contribution in [3.8, 4) is 0 Å². The van der Waals surface area contributed by atoms with Gasteiger partial charge in [0.05, 0.1) is 0 Å². The molecule has 2 heterocycles. The van der Waals surface area contributed by atoms with Gasteiger partial charge in [-0.3, -0.25) is 14.4 Å². The standard InChI is InChI=1S/C35H41N4O5Si/c1-36(2)23-14-16-27-29(21-23)45(6,7)30-22-24(37(3)4)15-17-28(30)34(27)25-11-8-9-12-26(25)35(43)38(5)20-10-13-33(42)44-39-31(40)18-19-32(39)41/h8-9,11-12,14-17,21-22H,10,13,18-20H2,1-7H3/q+1. The molecule has 1 saturated heterocycles. The van der Waals surface area contributed by atoms with Gasteiger partial charge in [-0.15, -0.1) is 5.06 Å². The van der Waals surface area contributed by atoms with Crippen molar-refractivity contribution < 1.29 is 28.6 Å². The van der Waals surface area contributed by atoms with E-state index in [-0.39, 0.29) is 25.2 Å². The van der Waals surface area contributed by atoms with Gasteiger partial charge in [-0.2, -0.15) is 0 Å². The highest BCUT2D eigenvalue weighted by Gasteiger charge is 2.41. The maximum atomic E-state index is 14.0. The molecule has 9 nitrogen and oxygen atoms in total. The Kier molecular flexibility index (Phi) is 8.80. The summed E-state index contributed by atoms with van der Waals surface area (Å²) in [7, 11) is 7.79. The minimum Gasteiger partial charge on any atom is -0.378 e. The van der Waals surface area contributed by atoms with E-state index < -0.39 is 25.9 Å². The van der Waals surface area contributed by atoms with Crippen LogP contribution in [0.1, 0.15) is 47.2 Å². The first-order valence-electron chi connectivity index (χ1n) is 15.2. The number of hydrogen-bond acceptors (Lipinski definition) is 6. The maximum absolute atomic E-state index is 14.0. The van der Waals surface area contributed by atoms with Crippen LogP contribution >= 0.6 is 0 Å². The number of amides is 3. The summed E-state index contributed by atoms with van der Waals surface area (Å²) < 4.78 is 2.12. The van der Waals surface area contributed by atoms with E-state index in [1.165, 1.54) is 10.4 Å². The summed E-state index contributed by atoms with van der Waals surface area (Å²) in [5.74, 6) is -1.85. The van der Waals surface area contributed by atoms with Gasteiger partial charge in [-0.25, -0.2) is 9.37 Å². The molecule has 0 atom stereocenters. The number of hydroxylamine groups is 2. The third kappa shape index (κ3) is 6.06. The smallest absolute Gasteiger partial charge is 0.333 e. The van der Waals surface area contributed by atoms with Crippen LogP contribution in [0.4, 0.5) is 5.69 Å². The van der Waals surface area contributed by atoms with Crippen molar-refractivity contribution >= 4 is 53.9 Å². The zero-order chi connectivity index (χ0) is 32.6. The number of benzene rings is 2. The van der Waals surface area contributed by atoms with Gasteiger partial charge in [0.25, 0.3) is 17.7 Å². The molecule has 0 bridgehead atoms. The molecule has 3 amide bonds. The first kappa shape index (κ1) is 31.8. The van der Waals surface area contributed by atoms with E-state index >= 15 is 0 Å². The average Bonchev–Trinajstić information content (AvgIpc) is 3.32. The lowest BCUT2D eigenvalue weighted by atomic mass is 9.87. The van der Waals surface area contributed by atoms with E-state index in [2.05, 4.69) is 87.2 Å². The van der Waals surface area contributed by atoms with Gasteiger partial charge in [-0.1, -0.05) is 37.4 Å². The molecule has 0 saturated carbocycles. The molecule has 2 aliphatic heterocycles. The van der Waals surface area contributed by atoms with Gasteiger partial charge < -0.3 is 14.6 Å². The van der Waals surface area contributed by atoms with Crippen molar-refractivity contribution in [2.45, 2.75) is 38.8 Å². The molecule has 2 aromatic carbocycles. The fraction of sp³-hybridized carbons (Fsp3) is 0.343. The van der Waals surface area contributed by atoms with E-state index in [4.69, 9.17) is 4.84 Å². The molecule has 0 unspecified atom stereocenters. The Hall–Kier alpha value is -4.57. The Morgan fingerprint density at radius 3 is 2.31 bits per heavy atom. The van der Waals surface area contributed by atoms with Gasteiger partial charge in [-0.05, 0) is 63.4 Å². The molecule has 0 N–H and O–H groups in total. The molecule has 3 aliphatic rings. The lowest BCUT2D eigenvalue weighted by Gasteiger charge is -2.38. The molecule has 2 aromatic rings. The number of anilines is 1. The fourth-order valence-corrected chi connectivity index (χ4v) is 9.20. The molecular formula is C35H41N4O5Si+. The predicted molar refractivity (Wildman–Crippen MR) is 178 cm³/mol. The molecule has 45 heavy (non-hydrogen) atoms. The average molecular weight is 626 g/mol. The van der Waals surface area contributed by atoms with Crippen LogP contribution in [0.2, 0.25) is 13.1 Å². The summed E-state index contributed by atoms with van der Waals surface area (Å²) in [5, 5.41) is 3.21. The largest absolute Gasteiger partial charge is 0.378 e. The molecule has 5 rings (SSSR count). The van der Waals surface area contributed by atoms with Crippen molar-refractivity contribution in [2.75, 3.05) is 46.7 Å². The van der Waals surface area contributed by atoms with Crippen LogP contribution in [0.25, 0.3) is 5.57 Å². The second-order valence-corrected chi connectivity index (χ2v) is 17.0. The molecular weight excluding hydrogens is 584 g/mol. The normalized spacial score (nSPS) is 16.7. The van der Waals surface area contributed by atoms with E-state index in [0.29, 0.717) is 23.6 Å². The topological polar surface area (TPSA) is 90.2 Å². The van der Waals surface area contributed by atoms with E-state index in [9.17, 15) is 19.2 Å². The van der Waals surface area contributed by atoms with Gasteiger partial charge >= 0.3 is 5.97 Å². The summed E-state index contributed by atoms with van der Waals surface area (Å²) in [6, 6.07) is 14.4. The van der Waals surface area contributed by atoms with Crippen molar-refractivity contribution in [1.82, 2.24) is 9.96 Å². The SMILES string of the molecule is CN(CCCC(=O)ON1C(=O)CCC1=O)C(=O)c1ccccc1C1=C2C=CC(=[N+](C)C)C=C2[Si](C)(C)c2cc(N(C)C)ccc21. The molecule has 0 spiro atoms. The Labute approximate surface area is 265 Å². The highest BCUT2D eigenvalue weighted by atomic mass is 28.3. The highest BCUT2D eigenvalue weighted by Crippen LogP contribution is 2.42. The van der Waals surface area contributed by atoms with Gasteiger partial charge in [0.2, 0.25) is 0 Å². The second-order valence-electron chi connectivity index (χ2n) is 12.7. The number of allylic oxidation sites excluding steroid dienone is 5. The number of carbonyl (C=O) groups is 4. The Bertz CT molecular complexity index is 1710. The predicted octanol–water partition coefficient (Wildman–Crippen LogP) is 3.69.